The molecule has 0 aromatic rings. The Morgan fingerprint density at radius 3 is 2.50 bits per heavy atom. The summed E-state index contributed by atoms with van der Waals surface area (Å²) in [5.74, 6) is 0. The summed E-state index contributed by atoms with van der Waals surface area (Å²) in [6.07, 6.45) is 6.26. The molecule has 2 unspecified atom stereocenters. The Balaban J connectivity index is 2.58. The quantitative estimate of drug-likeness (QED) is 0.781. The highest BCUT2D eigenvalue weighted by Gasteiger charge is 2.31. The minimum atomic E-state index is 0.365. The first-order valence-electron chi connectivity index (χ1n) is 7.00. The van der Waals surface area contributed by atoms with E-state index in [-0.39, 0.29) is 0 Å². The molecule has 1 saturated heterocycles. The fourth-order valence-corrected chi connectivity index (χ4v) is 3.11. The Kier molecular flexibility index (Phi) is 5.26. The molecule has 96 valence electrons. The van der Waals surface area contributed by atoms with Crippen molar-refractivity contribution in [3.63, 3.8) is 0 Å². The van der Waals surface area contributed by atoms with Gasteiger partial charge in [0.1, 0.15) is 0 Å². The SMILES string of the molecule is CCCC(N)C(CC)N1CCCC(C)(C)C1. The maximum atomic E-state index is 6.32. The van der Waals surface area contributed by atoms with Gasteiger partial charge in [0.25, 0.3) is 0 Å². The monoisotopic (exact) mass is 226 g/mol. The molecule has 16 heavy (non-hydrogen) atoms. The number of piperidine rings is 1. The molecule has 0 radical (unpaired) electrons. The number of nitrogens with two attached hydrogens (primary N) is 1. The number of hydrogen-bond donors (Lipinski definition) is 1. The van der Waals surface area contributed by atoms with Gasteiger partial charge in [-0.2, -0.15) is 0 Å². The molecule has 1 fully saturated rings. The number of hydrogen-bond acceptors (Lipinski definition) is 2. The van der Waals surface area contributed by atoms with Crippen LogP contribution in [0.4, 0.5) is 0 Å². The van der Waals surface area contributed by atoms with Crippen molar-refractivity contribution >= 4 is 0 Å². The van der Waals surface area contributed by atoms with Crippen LogP contribution in [0, 0.1) is 5.41 Å². The van der Waals surface area contributed by atoms with Crippen molar-refractivity contribution in [2.75, 3.05) is 13.1 Å². The predicted octanol–water partition coefficient (Wildman–Crippen LogP) is 3.01. The first-order chi connectivity index (χ1) is 7.50. The van der Waals surface area contributed by atoms with E-state index in [9.17, 15) is 0 Å². The Bertz CT molecular complexity index is 201. The van der Waals surface area contributed by atoms with Crippen LogP contribution in [0.2, 0.25) is 0 Å². The summed E-state index contributed by atoms with van der Waals surface area (Å²) in [7, 11) is 0. The van der Waals surface area contributed by atoms with Crippen molar-refractivity contribution in [2.45, 2.75) is 71.9 Å². The van der Waals surface area contributed by atoms with Crippen molar-refractivity contribution < 1.29 is 0 Å². The maximum Gasteiger partial charge on any atom is 0.0244 e. The molecular weight excluding hydrogens is 196 g/mol. The second kappa shape index (κ2) is 6.02. The fourth-order valence-electron chi connectivity index (χ4n) is 3.11. The van der Waals surface area contributed by atoms with Gasteiger partial charge >= 0.3 is 0 Å². The van der Waals surface area contributed by atoms with E-state index in [0.29, 0.717) is 17.5 Å². The largest absolute Gasteiger partial charge is 0.326 e. The number of likely N-dealkylation sites (tertiary alicyclic amines) is 1. The number of rotatable bonds is 5. The van der Waals surface area contributed by atoms with Crippen molar-refractivity contribution in [1.82, 2.24) is 4.90 Å². The summed E-state index contributed by atoms with van der Waals surface area (Å²) in [6, 6.07) is 0.962. The van der Waals surface area contributed by atoms with Crippen molar-refractivity contribution in [3.8, 4) is 0 Å². The van der Waals surface area contributed by atoms with E-state index in [0.717, 1.165) is 6.42 Å². The van der Waals surface area contributed by atoms with Crippen LogP contribution >= 0.6 is 0 Å². The zero-order valence-electron chi connectivity index (χ0n) is 11.6. The van der Waals surface area contributed by atoms with Gasteiger partial charge in [-0.3, -0.25) is 4.90 Å². The van der Waals surface area contributed by atoms with Crippen LogP contribution in [0.5, 0.6) is 0 Å². The summed E-state index contributed by atoms with van der Waals surface area (Å²) < 4.78 is 0. The third kappa shape index (κ3) is 3.74. The van der Waals surface area contributed by atoms with Gasteiger partial charge in [0.05, 0.1) is 0 Å². The summed E-state index contributed by atoms with van der Waals surface area (Å²) in [6.45, 7) is 11.8. The smallest absolute Gasteiger partial charge is 0.0244 e. The molecule has 0 aromatic heterocycles. The summed E-state index contributed by atoms with van der Waals surface area (Å²) in [4.78, 5) is 2.64. The lowest BCUT2D eigenvalue weighted by atomic mass is 9.82. The lowest BCUT2D eigenvalue weighted by molar-refractivity contribution is 0.0635. The Hall–Kier alpha value is -0.0800. The first kappa shape index (κ1) is 14.0. The highest BCUT2D eigenvalue weighted by Crippen LogP contribution is 2.30. The van der Waals surface area contributed by atoms with E-state index >= 15 is 0 Å². The van der Waals surface area contributed by atoms with E-state index in [1.807, 2.05) is 0 Å². The molecule has 2 nitrogen and oxygen atoms in total. The van der Waals surface area contributed by atoms with Crippen LogP contribution in [0.15, 0.2) is 0 Å². The zero-order chi connectivity index (χ0) is 12.2. The van der Waals surface area contributed by atoms with E-state index in [4.69, 9.17) is 5.73 Å². The van der Waals surface area contributed by atoms with Gasteiger partial charge in [0, 0.05) is 18.6 Å². The van der Waals surface area contributed by atoms with Gasteiger partial charge in [-0.1, -0.05) is 34.1 Å². The van der Waals surface area contributed by atoms with Gasteiger partial charge in [-0.25, -0.2) is 0 Å². The molecule has 2 atom stereocenters. The summed E-state index contributed by atoms with van der Waals surface area (Å²) in [5.41, 5.74) is 6.80. The maximum absolute atomic E-state index is 6.32. The average Bonchev–Trinajstić information content (AvgIpc) is 2.17. The minimum absolute atomic E-state index is 0.365. The molecule has 1 aliphatic heterocycles. The third-order valence-corrected chi connectivity index (χ3v) is 3.93. The van der Waals surface area contributed by atoms with Gasteiger partial charge in [-0.15, -0.1) is 0 Å². The van der Waals surface area contributed by atoms with E-state index in [1.54, 1.807) is 0 Å². The molecule has 0 aliphatic carbocycles. The zero-order valence-corrected chi connectivity index (χ0v) is 11.6. The lowest BCUT2D eigenvalue weighted by Gasteiger charge is -2.44. The Morgan fingerprint density at radius 2 is 2.00 bits per heavy atom. The van der Waals surface area contributed by atoms with E-state index < -0.39 is 0 Å². The topological polar surface area (TPSA) is 29.3 Å². The van der Waals surface area contributed by atoms with Gasteiger partial charge < -0.3 is 5.73 Å². The molecule has 0 amide bonds. The van der Waals surface area contributed by atoms with Crippen LogP contribution in [0.1, 0.15) is 59.8 Å². The molecule has 0 spiro atoms. The highest BCUT2D eigenvalue weighted by atomic mass is 15.2. The minimum Gasteiger partial charge on any atom is -0.326 e. The molecule has 0 saturated carbocycles. The molecule has 0 aromatic carbocycles. The third-order valence-electron chi connectivity index (χ3n) is 3.93. The molecule has 2 heteroatoms. The standard InChI is InChI=1S/C14H30N2/c1-5-8-12(15)13(6-2)16-10-7-9-14(3,4)11-16/h12-13H,5-11,15H2,1-4H3. The van der Waals surface area contributed by atoms with E-state index in [2.05, 4.69) is 32.6 Å². The molecular formula is C14H30N2. The lowest BCUT2D eigenvalue weighted by Crippen LogP contribution is -2.52. The van der Waals surface area contributed by atoms with Gasteiger partial charge in [0.2, 0.25) is 0 Å². The normalized spacial score (nSPS) is 25.3. The van der Waals surface area contributed by atoms with Crippen LogP contribution < -0.4 is 5.73 Å². The Morgan fingerprint density at radius 1 is 1.31 bits per heavy atom. The van der Waals surface area contributed by atoms with Crippen LogP contribution in [0.25, 0.3) is 0 Å². The van der Waals surface area contributed by atoms with Crippen molar-refractivity contribution in [1.29, 1.82) is 0 Å². The molecule has 1 rings (SSSR count). The van der Waals surface area contributed by atoms with Crippen molar-refractivity contribution in [2.24, 2.45) is 11.1 Å². The van der Waals surface area contributed by atoms with E-state index in [1.165, 1.54) is 38.8 Å². The van der Waals surface area contributed by atoms with Crippen LogP contribution in [-0.2, 0) is 0 Å². The van der Waals surface area contributed by atoms with Crippen LogP contribution in [-0.4, -0.2) is 30.1 Å². The predicted molar refractivity (Wildman–Crippen MR) is 71.6 cm³/mol. The average molecular weight is 226 g/mol. The molecule has 1 aliphatic rings. The van der Waals surface area contributed by atoms with Crippen molar-refractivity contribution in [3.05, 3.63) is 0 Å². The summed E-state index contributed by atoms with van der Waals surface area (Å²) >= 11 is 0. The number of nitrogens with zero attached hydrogens (tertiary/aromatic N) is 1. The van der Waals surface area contributed by atoms with Crippen LogP contribution in [0.3, 0.4) is 0 Å². The first-order valence-corrected chi connectivity index (χ1v) is 7.00. The van der Waals surface area contributed by atoms with Gasteiger partial charge in [0.15, 0.2) is 0 Å². The molecule has 2 N–H and O–H groups in total. The highest BCUT2D eigenvalue weighted by molar-refractivity contribution is 4.87. The molecule has 0 bridgehead atoms. The Labute approximate surface area is 102 Å². The van der Waals surface area contributed by atoms with Gasteiger partial charge in [-0.05, 0) is 37.6 Å². The summed E-state index contributed by atoms with van der Waals surface area (Å²) in [5, 5.41) is 0. The second-order valence-corrected chi connectivity index (χ2v) is 6.17. The fraction of sp³-hybridized carbons (Fsp3) is 1.00. The second-order valence-electron chi connectivity index (χ2n) is 6.17. The molecule has 1 heterocycles.